The van der Waals surface area contributed by atoms with Crippen LogP contribution in [-0.4, -0.2) is 17.4 Å². The van der Waals surface area contributed by atoms with Crippen molar-refractivity contribution in [1.82, 2.24) is 4.98 Å². The minimum Gasteiger partial charge on any atom is -0.477 e. The Morgan fingerprint density at radius 1 is 1.44 bits per heavy atom. The molecule has 0 saturated heterocycles. The SMILES string of the molecule is CCCCOc1nc(C(F)(F)F)ccc1C(=N)N. The summed E-state index contributed by atoms with van der Waals surface area (Å²) in [4.78, 5) is 3.37. The van der Waals surface area contributed by atoms with E-state index in [9.17, 15) is 13.2 Å². The number of hydrogen-bond acceptors (Lipinski definition) is 3. The Kier molecular flexibility index (Phi) is 4.52. The maximum Gasteiger partial charge on any atom is 0.433 e. The minimum absolute atomic E-state index is 0.0686. The lowest BCUT2D eigenvalue weighted by Gasteiger charge is -2.12. The first-order chi connectivity index (χ1) is 8.36. The van der Waals surface area contributed by atoms with E-state index in [0.717, 1.165) is 18.6 Å². The van der Waals surface area contributed by atoms with Gasteiger partial charge in [0.05, 0.1) is 12.2 Å². The Bertz CT molecular complexity index is 432. The largest absolute Gasteiger partial charge is 0.477 e. The molecule has 1 aromatic heterocycles. The summed E-state index contributed by atoms with van der Waals surface area (Å²) in [5.41, 5.74) is 4.27. The van der Waals surface area contributed by atoms with Gasteiger partial charge in [-0.25, -0.2) is 4.98 Å². The van der Waals surface area contributed by atoms with Crippen LogP contribution in [0.25, 0.3) is 0 Å². The Hall–Kier alpha value is -1.79. The molecule has 18 heavy (non-hydrogen) atoms. The van der Waals surface area contributed by atoms with Crippen molar-refractivity contribution >= 4 is 5.84 Å². The summed E-state index contributed by atoms with van der Waals surface area (Å²) < 4.78 is 42.6. The number of nitrogens with zero attached hydrogens (tertiary/aromatic N) is 1. The molecule has 0 saturated carbocycles. The number of ether oxygens (including phenoxy) is 1. The summed E-state index contributed by atoms with van der Waals surface area (Å²) in [5.74, 6) is -0.617. The number of alkyl halides is 3. The molecule has 0 spiro atoms. The number of rotatable bonds is 5. The van der Waals surface area contributed by atoms with Gasteiger partial charge in [-0.3, -0.25) is 5.41 Å². The van der Waals surface area contributed by atoms with Crippen LogP contribution >= 0.6 is 0 Å². The highest BCUT2D eigenvalue weighted by Crippen LogP contribution is 2.30. The highest BCUT2D eigenvalue weighted by molar-refractivity contribution is 5.97. The Morgan fingerprint density at radius 3 is 2.61 bits per heavy atom. The lowest BCUT2D eigenvalue weighted by atomic mass is 10.2. The maximum absolute atomic E-state index is 12.5. The number of nitrogen functional groups attached to an aromatic ring is 1. The van der Waals surface area contributed by atoms with Gasteiger partial charge < -0.3 is 10.5 Å². The van der Waals surface area contributed by atoms with Gasteiger partial charge in [0.15, 0.2) is 0 Å². The highest BCUT2D eigenvalue weighted by Gasteiger charge is 2.33. The van der Waals surface area contributed by atoms with E-state index in [2.05, 4.69) is 4.98 Å². The summed E-state index contributed by atoms with van der Waals surface area (Å²) >= 11 is 0. The summed E-state index contributed by atoms with van der Waals surface area (Å²) in [6.07, 6.45) is -3.01. The number of pyridine rings is 1. The van der Waals surface area contributed by atoms with Crippen molar-refractivity contribution in [3.05, 3.63) is 23.4 Å². The number of nitrogens with two attached hydrogens (primary N) is 1. The first-order valence-corrected chi connectivity index (χ1v) is 5.41. The van der Waals surface area contributed by atoms with Gasteiger partial charge in [-0.05, 0) is 18.6 Å². The van der Waals surface area contributed by atoms with Crippen LogP contribution in [-0.2, 0) is 6.18 Å². The second-order valence-corrected chi connectivity index (χ2v) is 3.66. The van der Waals surface area contributed by atoms with Crippen molar-refractivity contribution < 1.29 is 17.9 Å². The fraction of sp³-hybridized carbons (Fsp3) is 0.455. The summed E-state index contributed by atoms with van der Waals surface area (Å²) in [6.45, 7) is 2.17. The molecule has 1 heterocycles. The van der Waals surface area contributed by atoms with Crippen LogP contribution in [0.4, 0.5) is 13.2 Å². The topological polar surface area (TPSA) is 72.0 Å². The van der Waals surface area contributed by atoms with E-state index >= 15 is 0 Å². The molecule has 0 radical (unpaired) electrons. The predicted molar refractivity (Wildman–Crippen MR) is 60.7 cm³/mol. The van der Waals surface area contributed by atoms with Crippen LogP contribution < -0.4 is 10.5 Å². The first kappa shape index (κ1) is 14.3. The lowest BCUT2D eigenvalue weighted by molar-refractivity contribution is -0.141. The van der Waals surface area contributed by atoms with E-state index in [1.165, 1.54) is 0 Å². The van der Waals surface area contributed by atoms with Crippen LogP contribution in [0.3, 0.4) is 0 Å². The fourth-order valence-corrected chi connectivity index (χ4v) is 1.23. The molecule has 0 atom stereocenters. The standard InChI is InChI=1S/C11H14F3N3O/c1-2-3-6-18-10-7(9(15)16)4-5-8(17-10)11(12,13)14/h4-5H,2-3,6H2,1H3,(H3,15,16). The van der Waals surface area contributed by atoms with E-state index in [1.807, 2.05) is 6.92 Å². The Labute approximate surface area is 102 Å². The van der Waals surface area contributed by atoms with Gasteiger partial charge in [0, 0.05) is 0 Å². The third-order valence-corrected chi connectivity index (χ3v) is 2.18. The molecule has 0 aromatic carbocycles. The zero-order valence-electron chi connectivity index (χ0n) is 9.84. The number of halogens is 3. The van der Waals surface area contributed by atoms with Gasteiger partial charge in [0.25, 0.3) is 0 Å². The van der Waals surface area contributed by atoms with Crippen molar-refractivity contribution in [2.24, 2.45) is 5.73 Å². The molecule has 0 fully saturated rings. The van der Waals surface area contributed by atoms with E-state index in [0.29, 0.717) is 6.42 Å². The third-order valence-electron chi connectivity index (χ3n) is 2.18. The van der Waals surface area contributed by atoms with Crippen molar-refractivity contribution in [3.8, 4) is 5.88 Å². The summed E-state index contributed by atoms with van der Waals surface area (Å²) in [5, 5.41) is 7.26. The van der Waals surface area contributed by atoms with Crippen molar-refractivity contribution in [2.75, 3.05) is 6.61 Å². The maximum atomic E-state index is 12.5. The average Bonchev–Trinajstić information content (AvgIpc) is 2.27. The smallest absolute Gasteiger partial charge is 0.433 e. The molecule has 0 bridgehead atoms. The van der Waals surface area contributed by atoms with E-state index < -0.39 is 11.9 Å². The van der Waals surface area contributed by atoms with Gasteiger partial charge in [-0.15, -0.1) is 0 Å². The molecule has 100 valence electrons. The molecule has 0 aliphatic carbocycles. The lowest BCUT2D eigenvalue weighted by Crippen LogP contribution is -2.17. The van der Waals surface area contributed by atoms with Crippen molar-refractivity contribution in [3.63, 3.8) is 0 Å². The van der Waals surface area contributed by atoms with Crippen molar-refractivity contribution in [1.29, 1.82) is 5.41 Å². The molecule has 7 heteroatoms. The minimum atomic E-state index is -4.54. The molecular formula is C11H14F3N3O. The van der Waals surface area contributed by atoms with Crippen molar-refractivity contribution in [2.45, 2.75) is 25.9 Å². The van der Waals surface area contributed by atoms with E-state index in [4.69, 9.17) is 15.9 Å². The van der Waals surface area contributed by atoms with Crippen LogP contribution in [0.5, 0.6) is 5.88 Å². The van der Waals surface area contributed by atoms with Gasteiger partial charge in [-0.1, -0.05) is 13.3 Å². The normalized spacial score (nSPS) is 11.3. The van der Waals surface area contributed by atoms with Gasteiger partial charge >= 0.3 is 6.18 Å². The van der Waals surface area contributed by atoms with Gasteiger partial charge in [0.2, 0.25) is 5.88 Å². The van der Waals surface area contributed by atoms with Gasteiger partial charge in [0.1, 0.15) is 11.5 Å². The molecule has 0 aliphatic rings. The van der Waals surface area contributed by atoms with Gasteiger partial charge in [-0.2, -0.15) is 13.2 Å². The van der Waals surface area contributed by atoms with Crippen LogP contribution in [0.1, 0.15) is 31.0 Å². The zero-order valence-corrected chi connectivity index (χ0v) is 9.84. The quantitative estimate of drug-likeness (QED) is 0.486. The Balaban J connectivity index is 3.04. The number of aromatic nitrogens is 1. The molecule has 4 nitrogen and oxygen atoms in total. The van der Waals surface area contributed by atoms with Crippen LogP contribution in [0.15, 0.2) is 12.1 Å². The molecule has 0 amide bonds. The van der Waals surface area contributed by atoms with Crippen LogP contribution in [0, 0.1) is 5.41 Å². The predicted octanol–water partition coefficient (Wildman–Crippen LogP) is 2.56. The first-order valence-electron chi connectivity index (χ1n) is 5.41. The highest BCUT2D eigenvalue weighted by atomic mass is 19.4. The molecule has 1 rings (SSSR count). The number of amidine groups is 1. The molecule has 0 unspecified atom stereocenters. The molecule has 0 aliphatic heterocycles. The molecule has 3 N–H and O–H groups in total. The summed E-state index contributed by atoms with van der Waals surface area (Å²) in [6, 6.07) is 1.88. The molecule has 1 aromatic rings. The molecular weight excluding hydrogens is 247 g/mol. The van der Waals surface area contributed by atoms with E-state index in [-0.39, 0.29) is 23.9 Å². The Morgan fingerprint density at radius 2 is 2.11 bits per heavy atom. The number of hydrogen-bond donors (Lipinski definition) is 2. The van der Waals surface area contributed by atoms with Crippen LogP contribution in [0.2, 0.25) is 0 Å². The second kappa shape index (κ2) is 5.70. The zero-order chi connectivity index (χ0) is 13.8. The second-order valence-electron chi connectivity index (χ2n) is 3.66. The summed E-state index contributed by atoms with van der Waals surface area (Å²) in [7, 11) is 0. The fourth-order valence-electron chi connectivity index (χ4n) is 1.23. The van der Waals surface area contributed by atoms with E-state index in [1.54, 1.807) is 0 Å². The number of unbranched alkanes of at least 4 members (excludes halogenated alkanes) is 1. The monoisotopic (exact) mass is 261 g/mol. The average molecular weight is 261 g/mol. The third kappa shape index (κ3) is 3.61. The number of nitrogens with one attached hydrogen (secondary N) is 1.